The molecule has 0 aromatic heterocycles. The highest BCUT2D eigenvalue weighted by atomic mass is 16.5. The summed E-state index contributed by atoms with van der Waals surface area (Å²) in [5, 5.41) is 0. The molecule has 1 unspecified atom stereocenters. The summed E-state index contributed by atoms with van der Waals surface area (Å²) in [7, 11) is 1.74. The van der Waals surface area contributed by atoms with Crippen LogP contribution in [0.15, 0.2) is 0 Å². The minimum absolute atomic E-state index is 0.0734. The number of hydrogen-bond donors (Lipinski definition) is 0. The minimum Gasteiger partial charge on any atom is -0.381 e. The number of rotatable bonds is 3. The summed E-state index contributed by atoms with van der Waals surface area (Å²) >= 11 is 0. The lowest BCUT2D eigenvalue weighted by molar-refractivity contribution is -0.136. The largest absolute Gasteiger partial charge is 0.381 e. The van der Waals surface area contributed by atoms with Crippen LogP contribution in [0, 0.1) is 11.8 Å². The van der Waals surface area contributed by atoms with Gasteiger partial charge in [0.2, 0.25) is 5.91 Å². The van der Waals surface area contributed by atoms with Gasteiger partial charge in [0.05, 0.1) is 6.10 Å². The lowest BCUT2D eigenvalue weighted by Crippen LogP contribution is -2.37. The number of nitrogens with zero attached hydrogens (tertiary/aromatic N) is 1. The molecule has 0 aromatic rings. The maximum absolute atomic E-state index is 12.3. The van der Waals surface area contributed by atoms with Gasteiger partial charge in [-0.1, -0.05) is 27.7 Å². The van der Waals surface area contributed by atoms with Crippen LogP contribution in [0.1, 0.15) is 66.7 Å². The van der Waals surface area contributed by atoms with Crippen molar-refractivity contribution in [3.8, 4) is 0 Å². The maximum Gasteiger partial charge on any atom is 0.225 e. The Morgan fingerprint density at radius 2 is 1.45 bits per heavy atom. The SMILES string of the molecule is CC.CC.COC1CCC(C(=O)N2CCC(C(C)=O)C2)CC1. The Morgan fingerprint density at radius 3 is 1.86 bits per heavy atom. The van der Waals surface area contributed by atoms with E-state index in [1.807, 2.05) is 32.6 Å². The van der Waals surface area contributed by atoms with Crippen molar-refractivity contribution in [1.29, 1.82) is 0 Å². The standard InChI is InChI=1S/C14H23NO3.2C2H6/c1-10(16)12-7-8-15(9-12)14(17)11-3-5-13(18-2)6-4-11;2*1-2/h11-13H,3-9H2,1-2H3;2*1-2H3. The molecule has 2 aliphatic rings. The highest BCUT2D eigenvalue weighted by Gasteiger charge is 2.34. The Labute approximate surface area is 136 Å². The topological polar surface area (TPSA) is 46.6 Å². The second kappa shape index (κ2) is 11.6. The fourth-order valence-electron chi connectivity index (χ4n) is 3.10. The first-order valence-corrected chi connectivity index (χ1v) is 8.94. The van der Waals surface area contributed by atoms with E-state index < -0.39 is 0 Å². The van der Waals surface area contributed by atoms with Gasteiger partial charge < -0.3 is 9.64 Å². The van der Waals surface area contributed by atoms with Crippen LogP contribution in [0.25, 0.3) is 0 Å². The first kappa shape index (κ1) is 21.1. The molecule has 0 radical (unpaired) electrons. The van der Waals surface area contributed by atoms with E-state index in [1.54, 1.807) is 14.0 Å². The van der Waals surface area contributed by atoms with Crippen molar-refractivity contribution in [2.75, 3.05) is 20.2 Å². The van der Waals surface area contributed by atoms with E-state index in [2.05, 4.69) is 0 Å². The first-order valence-electron chi connectivity index (χ1n) is 8.94. The van der Waals surface area contributed by atoms with Crippen molar-refractivity contribution in [3.05, 3.63) is 0 Å². The lowest BCUT2D eigenvalue weighted by Gasteiger charge is -2.29. The molecule has 1 amide bonds. The van der Waals surface area contributed by atoms with E-state index in [1.165, 1.54) is 0 Å². The Morgan fingerprint density at radius 1 is 0.909 bits per heavy atom. The van der Waals surface area contributed by atoms with Gasteiger partial charge in [-0.25, -0.2) is 0 Å². The third-order valence-electron chi connectivity index (χ3n) is 4.43. The van der Waals surface area contributed by atoms with Crippen LogP contribution in [-0.4, -0.2) is 42.9 Å². The number of ether oxygens (including phenoxy) is 1. The van der Waals surface area contributed by atoms with E-state index in [0.717, 1.165) is 38.6 Å². The molecule has 0 aromatic carbocycles. The van der Waals surface area contributed by atoms with Crippen molar-refractivity contribution in [3.63, 3.8) is 0 Å². The third kappa shape index (κ3) is 6.07. The van der Waals surface area contributed by atoms with E-state index in [9.17, 15) is 9.59 Å². The molecule has 2 rings (SSSR count). The third-order valence-corrected chi connectivity index (χ3v) is 4.43. The number of methoxy groups -OCH3 is 1. The second-order valence-corrected chi connectivity index (χ2v) is 5.59. The first-order chi connectivity index (χ1) is 10.6. The van der Waals surface area contributed by atoms with Crippen LogP contribution < -0.4 is 0 Å². The van der Waals surface area contributed by atoms with Crippen LogP contribution >= 0.6 is 0 Å². The molecule has 0 bridgehead atoms. The van der Waals surface area contributed by atoms with Gasteiger partial charge in [0.15, 0.2) is 0 Å². The fraction of sp³-hybridized carbons (Fsp3) is 0.889. The number of likely N-dealkylation sites (tertiary alicyclic amines) is 1. The van der Waals surface area contributed by atoms with Gasteiger partial charge in [-0.2, -0.15) is 0 Å². The molecule has 0 spiro atoms. The van der Waals surface area contributed by atoms with Gasteiger partial charge in [-0.15, -0.1) is 0 Å². The molecule has 0 N–H and O–H groups in total. The molecule has 4 heteroatoms. The average Bonchev–Trinajstić information content (AvgIpc) is 3.08. The molecule has 1 aliphatic carbocycles. The molecule has 1 saturated carbocycles. The number of amides is 1. The number of carbonyl (C=O) groups excluding carboxylic acids is 2. The molecule has 1 heterocycles. The Hall–Kier alpha value is -0.900. The lowest BCUT2D eigenvalue weighted by atomic mass is 9.86. The highest BCUT2D eigenvalue weighted by molar-refractivity contribution is 5.83. The van der Waals surface area contributed by atoms with Gasteiger partial charge in [0, 0.05) is 32.0 Å². The number of carbonyl (C=O) groups is 2. The quantitative estimate of drug-likeness (QED) is 0.798. The summed E-state index contributed by atoms with van der Waals surface area (Å²) in [5.74, 6) is 0.702. The normalized spacial score (nSPS) is 27.2. The smallest absolute Gasteiger partial charge is 0.225 e. The van der Waals surface area contributed by atoms with Crippen molar-refractivity contribution in [2.45, 2.75) is 72.8 Å². The van der Waals surface area contributed by atoms with E-state index in [0.29, 0.717) is 12.6 Å². The summed E-state index contributed by atoms with van der Waals surface area (Å²) in [4.78, 5) is 25.5. The summed E-state index contributed by atoms with van der Waals surface area (Å²) in [6.07, 6.45) is 5.00. The van der Waals surface area contributed by atoms with Gasteiger partial charge in [0.25, 0.3) is 0 Å². The molecular weight excluding hydrogens is 278 g/mol. The molecule has 1 aliphatic heterocycles. The molecule has 22 heavy (non-hydrogen) atoms. The minimum atomic E-state index is 0.0734. The molecule has 2 fully saturated rings. The molecule has 130 valence electrons. The van der Waals surface area contributed by atoms with Crippen LogP contribution in [-0.2, 0) is 14.3 Å². The molecular formula is C18H35NO3. The predicted molar refractivity (Wildman–Crippen MR) is 90.8 cm³/mol. The number of ketones is 1. The zero-order valence-electron chi connectivity index (χ0n) is 15.4. The Bertz CT molecular complexity index is 322. The van der Waals surface area contributed by atoms with Crippen molar-refractivity contribution in [2.24, 2.45) is 11.8 Å². The zero-order valence-corrected chi connectivity index (χ0v) is 15.4. The zero-order chi connectivity index (χ0) is 17.1. The maximum atomic E-state index is 12.3. The van der Waals surface area contributed by atoms with E-state index in [-0.39, 0.29) is 23.5 Å². The van der Waals surface area contributed by atoms with Crippen LogP contribution in [0.2, 0.25) is 0 Å². The molecule has 1 saturated heterocycles. The monoisotopic (exact) mass is 313 g/mol. The summed E-state index contributed by atoms with van der Waals surface area (Å²) in [5.41, 5.74) is 0. The predicted octanol–water partition coefficient (Wildman–Crippen LogP) is 3.68. The second-order valence-electron chi connectivity index (χ2n) is 5.59. The van der Waals surface area contributed by atoms with Gasteiger partial charge in [0.1, 0.15) is 5.78 Å². The number of hydrogen-bond acceptors (Lipinski definition) is 3. The van der Waals surface area contributed by atoms with Gasteiger partial charge in [-0.05, 0) is 39.0 Å². The molecule has 4 nitrogen and oxygen atoms in total. The van der Waals surface area contributed by atoms with Crippen molar-refractivity contribution < 1.29 is 14.3 Å². The number of Topliss-reactive ketones (excluding diaryl/α,β-unsaturated/α-hetero) is 1. The van der Waals surface area contributed by atoms with Gasteiger partial charge in [-0.3, -0.25) is 9.59 Å². The summed E-state index contributed by atoms with van der Waals surface area (Å²) < 4.78 is 5.32. The van der Waals surface area contributed by atoms with Gasteiger partial charge >= 0.3 is 0 Å². The Kier molecular flexibility index (Phi) is 11.2. The van der Waals surface area contributed by atoms with E-state index >= 15 is 0 Å². The fourth-order valence-corrected chi connectivity index (χ4v) is 3.10. The highest BCUT2D eigenvalue weighted by Crippen LogP contribution is 2.29. The Balaban J connectivity index is 0.00000102. The van der Waals surface area contributed by atoms with Crippen LogP contribution in [0.4, 0.5) is 0 Å². The van der Waals surface area contributed by atoms with Crippen molar-refractivity contribution in [1.82, 2.24) is 4.90 Å². The van der Waals surface area contributed by atoms with Crippen molar-refractivity contribution >= 4 is 11.7 Å². The summed E-state index contributed by atoms with van der Waals surface area (Å²) in [6, 6.07) is 0. The summed E-state index contributed by atoms with van der Waals surface area (Å²) in [6.45, 7) is 11.0. The van der Waals surface area contributed by atoms with E-state index in [4.69, 9.17) is 4.74 Å². The molecule has 1 atom stereocenters. The van der Waals surface area contributed by atoms with Crippen LogP contribution in [0.3, 0.4) is 0 Å². The average molecular weight is 313 g/mol. The van der Waals surface area contributed by atoms with Crippen LogP contribution in [0.5, 0.6) is 0 Å².